The fourth-order valence-electron chi connectivity index (χ4n) is 2.35. The van der Waals surface area contributed by atoms with Crippen LogP contribution in [0, 0.1) is 10.1 Å². The van der Waals surface area contributed by atoms with E-state index < -0.39 is 28.5 Å². The molecule has 25 heavy (non-hydrogen) atoms. The second kappa shape index (κ2) is 6.15. The summed E-state index contributed by atoms with van der Waals surface area (Å²) >= 11 is 11.6. The molecule has 4 amide bonds. The van der Waals surface area contributed by atoms with E-state index in [4.69, 9.17) is 23.2 Å². The number of halogens is 2. The van der Waals surface area contributed by atoms with Crippen molar-refractivity contribution in [3.8, 4) is 0 Å². The molecule has 2 aromatic rings. The summed E-state index contributed by atoms with van der Waals surface area (Å²) < 4.78 is 0. The molecule has 3 rings (SSSR count). The minimum Gasteiger partial charge on any atom is -0.262 e. The average molecular weight is 380 g/mol. The van der Waals surface area contributed by atoms with Gasteiger partial charge in [0.05, 0.1) is 10.6 Å². The number of anilines is 2. The molecule has 0 bridgehead atoms. The second-order valence-corrected chi connectivity index (χ2v) is 5.81. The number of nitrogens with zero attached hydrogens (tertiary/aromatic N) is 3. The fraction of sp³-hybridized carbons (Fsp3) is 0. The van der Waals surface area contributed by atoms with Crippen molar-refractivity contribution in [3.63, 3.8) is 0 Å². The van der Waals surface area contributed by atoms with Gasteiger partial charge in [-0.15, -0.1) is 0 Å². The van der Waals surface area contributed by atoms with Crippen LogP contribution in [0.1, 0.15) is 0 Å². The SMILES string of the molecule is O=C1C(=O)N(c2ccc(Cl)cc2[N+](=O)[O-])C(=O)N1c1cccc(Cl)c1. The number of urea groups is 1. The maximum absolute atomic E-state index is 12.6. The first-order chi connectivity index (χ1) is 11.8. The topological polar surface area (TPSA) is 101 Å². The molecule has 1 fully saturated rings. The van der Waals surface area contributed by atoms with E-state index in [9.17, 15) is 24.5 Å². The van der Waals surface area contributed by atoms with Crippen LogP contribution in [0.15, 0.2) is 42.5 Å². The Hall–Kier alpha value is -2.97. The first kappa shape index (κ1) is 16.9. The number of nitro groups is 1. The number of imide groups is 2. The van der Waals surface area contributed by atoms with E-state index in [0.29, 0.717) is 9.80 Å². The standard InChI is InChI=1S/C15H7Cl2N3O5/c16-8-2-1-3-10(6-8)18-13(21)14(22)19(15(18)23)11-5-4-9(17)7-12(11)20(24)25/h1-7H. The molecular weight excluding hydrogens is 373 g/mol. The van der Waals surface area contributed by atoms with Crippen molar-refractivity contribution >= 4 is 58.1 Å². The molecule has 0 unspecified atom stereocenters. The Morgan fingerprint density at radius 2 is 1.52 bits per heavy atom. The van der Waals surface area contributed by atoms with Crippen molar-refractivity contribution in [3.05, 3.63) is 62.6 Å². The molecule has 0 aromatic heterocycles. The first-order valence-electron chi connectivity index (χ1n) is 6.73. The van der Waals surface area contributed by atoms with Crippen LogP contribution >= 0.6 is 23.2 Å². The minimum absolute atomic E-state index is 0.0487. The summed E-state index contributed by atoms with van der Waals surface area (Å²) in [6.45, 7) is 0. The number of benzene rings is 2. The van der Waals surface area contributed by atoms with Gasteiger partial charge in [-0.05, 0) is 30.3 Å². The van der Waals surface area contributed by atoms with Crippen LogP contribution in [0.25, 0.3) is 0 Å². The smallest absolute Gasteiger partial charge is 0.262 e. The van der Waals surface area contributed by atoms with Gasteiger partial charge >= 0.3 is 17.8 Å². The van der Waals surface area contributed by atoms with Crippen LogP contribution in [-0.2, 0) is 9.59 Å². The zero-order valence-electron chi connectivity index (χ0n) is 12.2. The average Bonchev–Trinajstić information content (AvgIpc) is 2.77. The molecule has 0 spiro atoms. The van der Waals surface area contributed by atoms with Gasteiger partial charge in [-0.1, -0.05) is 29.3 Å². The maximum atomic E-state index is 12.6. The van der Waals surface area contributed by atoms with Crippen LogP contribution < -0.4 is 9.80 Å². The Morgan fingerprint density at radius 3 is 2.16 bits per heavy atom. The molecule has 2 aromatic carbocycles. The third kappa shape index (κ3) is 2.81. The molecule has 1 aliphatic rings. The molecule has 1 aliphatic heterocycles. The van der Waals surface area contributed by atoms with E-state index in [1.54, 1.807) is 0 Å². The van der Waals surface area contributed by atoms with Crippen molar-refractivity contribution in [1.29, 1.82) is 0 Å². The molecule has 1 saturated heterocycles. The predicted octanol–water partition coefficient (Wildman–Crippen LogP) is 3.40. The highest BCUT2D eigenvalue weighted by molar-refractivity contribution is 6.60. The second-order valence-electron chi connectivity index (χ2n) is 4.93. The van der Waals surface area contributed by atoms with Crippen molar-refractivity contribution in [2.75, 3.05) is 9.80 Å². The fourth-order valence-corrected chi connectivity index (χ4v) is 2.70. The highest BCUT2D eigenvalue weighted by Crippen LogP contribution is 2.35. The van der Waals surface area contributed by atoms with Crippen LogP contribution in [0.3, 0.4) is 0 Å². The molecule has 8 nitrogen and oxygen atoms in total. The number of hydrogen-bond donors (Lipinski definition) is 0. The van der Waals surface area contributed by atoms with Gasteiger partial charge in [0.1, 0.15) is 5.69 Å². The minimum atomic E-state index is -1.21. The highest BCUT2D eigenvalue weighted by Gasteiger charge is 2.48. The van der Waals surface area contributed by atoms with Crippen molar-refractivity contribution in [2.45, 2.75) is 0 Å². The van der Waals surface area contributed by atoms with E-state index in [-0.39, 0.29) is 21.4 Å². The summed E-state index contributed by atoms with van der Waals surface area (Å²) in [5.74, 6) is -2.35. The number of nitro benzene ring substituents is 1. The molecule has 0 aliphatic carbocycles. The summed E-state index contributed by atoms with van der Waals surface area (Å²) in [5.41, 5.74) is -0.841. The summed E-state index contributed by atoms with van der Waals surface area (Å²) in [4.78, 5) is 48.6. The number of carbonyl (C=O) groups excluding carboxylic acids is 3. The van der Waals surface area contributed by atoms with E-state index in [1.807, 2.05) is 0 Å². The lowest BCUT2D eigenvalue weighted by molar-refractivity contribution is -0.384. The Kier molecular flexibility index (Phi) is 4.15. The molecule has 1 heterocycles. The van der Waals surface area contributed by atoms with Gasteiger partial charge in [0.2, 0.25) is 0 Å². The molecule has 0 radical (unpaired) electrons. The Balaban J connectivity index is 2.11. The van der Waals surface area contributed by atoms with E-state index in [1.165, 1.54) is 30.3 Å². The van der Waals surface area contributed by atoms with Crippen LogP contribution in [0.5, 0.6) is 0 Å². The maximum Gasteiger partial charge on any atom is 0.343 e. The van der Waals surface area contributed by atoms with Gasteiger partial charge in [-0.3, -0.25) is 19.7 Å². The number of amides is 4. The molecule has 0 saturated carbocycles. The predicted molar refractivity (Wildman–Crippen MR) is 89.9 cm³/mol. The van der Waals surface area contributed by atoms with E-state index >= 15 is 0 Å². The highest BCUT2D eigenvalue weighted by atomic mass is 35.5. The van der Waals surface area contributed by atoms with Gasteiger partial charge in [-0.2, -0.15) is 0 Å². The molecule has 0 N–H and O–H groups in total. The Labute approximate surface area is 150 Å². The van der Waals surface area contributed by atoms with Crippen LogP contribution in [0.2, 0.25) is 10.0 Å². The zero-order valence-corrected chi connectivity index (χ0v) is 13.7. The summed E-state index contributed by atoms with van der Waals surface area (Å²) in [6.07, 6.45) is 0. The Morgan fingerprint density at radius 1 is 0.880 bits per heavy atom. The van der Waals surface area contributed by atoms with Gasteiger partial charge in [0.15, 0.2) is 0 Å². The van der Waals surface area contributed by atoms with Crippen molar-refractivity contribution in [2.24, 2.45) is 0 Å². The first-order valence-corrected chi connectivity index (χ1v) is 7.49. The third-order valence-corrected chi connectivity index (χ3v) is 3.88. The number of carbonyl (C=O) groups is 3. The van der Waals surface area contributed by atoms with Gasteiger partial charge in [0.25, 0.3) is 5.69 Å². The molecule has 0 atom stereocenters. The lowest BCUT2D eigenvalue weighted by Crippen LogP contribution is -2.33. The Bertz CT molecular complexity index is 947. The van der Waals surface area contributed by atoms with Crippen LogP contribution in [0.4, 0.5) is 21.9 Å². The molecule has 10 heteroatoms. The van der Waals surface area contributed by atoms with E-state index in [0.717, 1.165) is 12.1 Å². The van der Waals surface area contributed by atoms with Gasteiger partial charge in [0, 0.05) is 16.1 Å². The largest absolute Gasteiger partial charge is 0.343 e. The lowest BCUT2D eigenvalue weighted by Gasteiger charge is -2.15. The van der Waals surface area contributed by atoms with Gasteiger partial charge in [-0.25, -0.2) is 14.6 Å². The van der Waals surface area contributed by atoms with Crippen molar-refractivity contribution < 1.29 is 19.3 Å². The zero-order chi connectivity index (χ0) is 18.3. The number of rotatable bonds is 3. The number of hydrogen-bond acceptors (Lipinski definition) is 5. The summed E-state index contributed by atoms with van der Waals surface area (Å²) in [7, 11) is 0. The third-order valence-electron chi connectivity index (χ3n) is 3.41. The lowest BCUT2D eigenvalue weighted by atomic mass is 10.2. The quantitative estimate of drug-likeness (QED) is 0.352. The normalized spacial score (nSPS) is 14.4. The monoisotopic (exact) mass is 379 g/mol. The summed E-state index contributed by atoms with van der Waals surface area (Å²) in [6, 6.07) is 8.11. The van der Waals surface area contributed by atoms with E-state index in [2.05, 4.69) is 0 Å². The van der Waals surface area contributed by atoms with Crippen molar-refractivity contribution in [1.82, 2.24) is 0 Å². The van der Waals surface area contributed by atoms with Gasteiger partial charge < -0.3 is 0 Å². The molecular formula is C15H7Cl2N3O5. The van der Waals surface area contributed by atoms with Crippen LogP contribution in [-0.4, -0.2) is 22.8 Å². The summed E-state index contributed by atoms with van der Waals surface area (Å²) in [5, 5.41) is 11.5. The molecule has 126 valence electrons.